The van der Waals surface area contributed by atoms with E-state index >= 15 is 0 Å². The quantitative estimate of drug-likeness (QED) is 0.568. The van der Waals surface area contributed by atoms with Gasteiger partial charge in [0.25, 0.3) is 0 Å². The molecule has 1 aliphatic rings. The number of nitrogens with zero attached hydrogens (tertiary/aromatic N) is 1. The molecular formula is C15H30N2O3. The van der Waals surface area contributed by atoms with Crippen molar-refractivity contribution in [2.45, 2.75) is 64.7 Å². The highest BCUT2D eigenvalue weighted by Crippen LogP contribution is 2.15. The standard InChI is InChI=1S/C15H30N2O3/c1-5-19-14(18)15(4,16)8-6-7-9-17-10-12(2)20-13(3)11-17/h12-13H,5-11,16H2,1-4H3. The van der Waals surface area contributed by atoms with E-state index in [1.165, 1.54) is 0 Å². The Morgan fingerprint density at radius 2 is 1.95 bits per heavy atom. The van der Waals surface area contributed by atoms with Crippen LogP contribution in [0, 0.1) is 0 Å². The number of unbranched alkanes of at least 4 members (excludes halogenated alkanes) is 1. The summed E-state index contributed by atoms with van der Waals surface area (Å²) in [7, 11) is 0. The molecule has 1 rings (SSSR count). The van der Waals surface area contributed by atoms with Gasteiger partial charge in [-0.3, -0.25) is 9.69 Å². The van der Waals surface area contributed by atoms with Crippen molar-refractivity contribution < 1.29 is 14.3 Å². The average molecular weight is 286 g/mol. The van der Waals surface area contributed by atoms with Crippen molar-refractivity contribution in [3.63, 3.8) is 0 Å². The van der Waals surface area contributed by atoms with Crippen molar-refractivity contribution >= 4 is 5.97 Å². The number of hydrogen-bond donors (Lipinski definition) is 1. The van der Waals surface area contributed by atoms with Crippen molar-refractivity contribution in [3.05, 3.63) is 0 Å². The summed E-state index contributed by atoms with van der Waals surface area (Å²) in [4.78, 5) is 14.1. The third-order valence-electron chi connectivity index (χ3n) is 3.66. The lowest BCUT2D eigenvalue weighted by Crippen LogP contribution is -2.47. The summed E-state index contributed by atoms with van der Waals surface area (Å²) in [6, 6.07) is 0. The number of esters is 1. The Morgan fingerprint density at radius 3 is 2.50 bits per heavy atom. The number of hydrogen-bond acceptors (Lipinski definition) is 5. The Morgan fingerprint density at radius 1 is 1.35 bits per heavy atom. The Kier molecular flexibility index (Phi) is 6.92. The van der Waals surface area contributed by atoms with E-state index in [-0.39, 0.29) is 5.97 Å². The van der Waals surface area contributed by atoms with Crippen LogP contribution in [0.5, 0.6) is 0 Å². The third kappa shape index (κ3) is 5.77. The fraction of sp³-hybridized carbons (Fsp3) is 0.933. The Bertz CT molecular complexity index is 297. The first-order valence-electron chi connectivity index (χ1n) is 7.69. The molecule has 1 heterocycles. The van der Waals surface area contributed by atoms with Gasteiger partial charge in [-0.25, -0.2) is 0 Å². The van der Waals surface area contributed by atoms with Crippen LogP contribution in [0.2, 0.25) is 0 Å². The maximum atomic E-state index is 11.7. The Labute approximate surface area is 122 Å². The van der Waals surface area contributed by atoms with Crippen LogP contribution < -0.4 is 5.73 Å². The van der Waals surface area contributed by atoms with Gasteiger partial charge < -0.3 is 15.2 Å². The van der Waals surface area contributed by atoms with Crippen molar-refractivity contribution in [2.24, 2.45) is 5.73 Å². The normalized spacial score (nSPS) is 27.1. The highest BCUT2D eigenvalue weighted by atomic mass is 16.5. The van der Waals surface area contributed by atoms with Gasteiger partial charge in [0, 0.05) is 13.1 Å². The number of carbonyl (C=O) groups is 1. The molecule has 0 radical (unpaired) electrons. The summed E-state index contributed by atoms with van der Waals surface area (Å²) in [5.74, 6) is -0.298. The van der Waals surface area contributed by atoms with Crippen LogP contribution in [-0.4, -0.2) is 54.9 Å². The molecule has 20 heavy (non-hydrogen) atoms. The molecule has 0 aromatic heterocycles. The lowest BCUT2D eigenvalue weighted by molar-refractivity contribution is -0.149. The molecule has 0 amide bonds. The number of morpholine rings is 1. The van der Waals surface area contributed by atoms with E-state index in [1.54, 1.807) is 13.8 Å². The summed E-state index contributed by atoms with van der Waals surface area (Å²) in [6.07, 6.45) is 3.26. The second-order valence-electron chi connectivity index (χ2n) is 6.11. The van der Waals surface area contributed by atoms with Crippen molar-refractivity contribution in [1.29, 1.82) is 0 Å². The monoisotopic (exact) mass is 286 g/mol. The number of carbonyl (C=O) groups excluding carboxylic acids is 1. The second kappa shape index (κ2) is 7.96. The molecule has 0 bridgehead atoms. The maximum Gasteiger partial charge on any atom is 0.325 e. The Hall–Kier alpha value is -0.650. The topological polar surface area (TPSA) is 64.8 Å². The third-order valence-corrected chi connectivity index (χ3v) is 3.66. The zero-order valence-electron chi connectivity index (χ0n) is 13.4. The summed E-state index contributed by atoms with van der Waals surface area (Å²) in [5.41, 5.74) is 5.14. The van der Waals surface area contributed by atoms with Gasteiger partial charge in [0.15, 0.2) is 0 Å². The van der Waals surface area contributed by atoms with E-state index in [0.717, 1.165) is 32.5 Å². The molecule has 5 heteroatoms. The van der Waals surface area contributed by atoms with E-state index in [0.29, 0.717) is 25.2 Å². The van der Waals surface area contributed by atoms with Gasteiger partial charge >= 0.3 is 5.97 Å². The number of nitrogens with two attached hydrogens (primary N) is 1. The molecule has 3 atom stereocenters. The average Bonchev–Trinajstić information content (AvgIpc) is 2.34. The Balaban J connectivity index is 2.22. The molecule has 0 aromatic rings. The SMILES string of the molecule is CCOC(=O)C(C)(N)CCCCN1CC(C)OC(C)C1. The van der Waals surface area contributed by atoms with E-state index in [2.05, 4.69) is 18.7 Å². The molecule has 0 aromatic carbocycles. The smallest absolute Gasteiger partial charge is 0.325 e. The minimum Gasteiger partial charge on any atom is -0.465 e. The van der Waals surface area contributed by atoms with Crippen LogP contribution in [-0.2, 0) is 14.3 Å². The second-order valence-corrected chi connectivity index (χ2v) is 6.11. The van der Waals surface area contributed by atoms with E-state index in [1.807, 2.05) is 0 Å². The lowest BCUT2D eigenvalue weighted by Gasteiger charge is -2.35. The maximum absolute atomic E-state index is 11.7. The fourth-order valence-electron chi connectivity index (χ4n) is 2.69. The summed E-state index contributed by atoms with van der Waals surface area (Å²) in [5, 5.41) is 0. The lowest BCUT2D eigenvalue weighted by atomic mass is 9.96. The molecule has 1 saturated heterocycles. The molecular weight excluding hydrogens is 256 g/mol. The molecule has 0 saturated carbocycles. The van der Waals surface area contributed by atoms with Crippen LogP contribution in [0.3, 0.4) is 0 Å². The molecule has 1 fully saturated rings. The van der Waals surface area contributed by atoms with Gasteiger partial charge in [0.1, 0.15) is 5.54 Å². The minimum atomic E-state index is -0.860. The number of ether oxygens (including phenoxy) is 2. The van der Waals surface area contributed by atoms with E-state index in [4.69, 9.17) is 15.2 Å². The highest BCUT2D eigenvalue weighted by molar-refractivity contribution is 5.79. The molecule has 2 N–H and O–H groups in total. The van der Waals surface area contributed by atoms with E-state index in [9.17, 15) is 4.79 Å². The van der Waals surface area contributed by atoms with Crippen LogP contribution in [0.1, 0.15) is 47.0 Å². The zero-order valence-corrected chi connectivity index (χ0v) is 13.4. The molecule has 1 aliphatic heterocycles. The molecule has 5 nitrogen and oxygen atoms in total. The largest absolute Gasteiger partial charge is 0.465 e. The van der Waals surface area contributed by atoms with Gasteiger partial charge in [0.05, 0.1) is 18.8 Å². The van der Waals surface area contributed by atoms with E-state index < -0.39 is 5.54 Å². The summed E-state index contributed by atoms with van der Waals surface area (Å²) in [6.45, 7) is 11.2. The predicted molar refractivity (Wildman–Crippen MR) is 79.5 cm³/mol. The van der Waals surface area contributed by atoms with Crippen molar-refractivity contribution in [2.75, 3.05) is 26.2 Å². The van der Waals surface area contributed by atoms with Gasteiger partial charge in [-0.15, -0.1) is 0 Å². The van der Waals surface area contributed by atoms with Gasteiger partial charge in [0.2, 0.25) is 0 Å². The first kappa shape index (κ1) is 17.4. The number of rotatable bonds is 7. The van der Waals surface area contributed by atoms with Crippen LogP contribution >= 0.6 is 0 Å². The highest BCUT2D eigenvalue weighted by Gasteiger charge is 2.29. The van der Waals surface area contributed by atoms with Crippen molar-refractivity contribution in [3.8, 4) is 0 Å². The first-order valence-corrected chi connectivity index (χ1v) is 7.69. The van der Waals surface area contributed by atoms with Gasteiger partial charge in [-0.05, 0) is 53.5 Å². The molecule has 0 aliphatic carbocycles. The van der Waals surface area contributed by atoms with Crippen LogP contribution in [0.15, 0.2) is 0 Å². The minimum absolute atomic E-state index is 0.298. The van der Waals surface area contributed by atoms with Crippen LogP contribution in [0.4, 0.5) is 0 Å². The first-order chi connectivity index (χ1) is 9.35. The van der Waals surface area contributed by atoms with Crippen molar-refractivity contribution in [1.82, 2.24) is 4.90 Å². The van der Waals surface area contributed by atoms with Crippen LogP contribution in [0.25, 0.3) is 0 Å². The summed E-state index contributed by atoms with van der Waals surface area (Å²) < 4.78 is 10.7. The zero-order chi connectivity index (χ0) is 15.2. The molecule has 118 valence electrons. The molecule has 0 spiro atoms. The van der Waals surface area contributed by atoms with Gasteiger partial charge in [-0.2, -0.15) is 0 Å². The molecule has 3 unspecified atom stereocenters. The predicted octanol–water partition coefficient (Wildman–Crippen LogP) is 1.55. The fourth-order valence-corrected chi connectivity index (χ4v) is 2.69. The van der Waals surface area contributed by atoms with Gasteiger partial charge in [-0.1, -0.05) is 0 Å². The summed E-state index contributed by atoms with van der Waals surface area (Å²) >= 11 is 0.